The molecule has 1 aliphatic heterocycles. The molecule has 4 nitrogen and oxygen atoms in total. The summed E-state index contributed by atoms with van der Waals surface area (Å²) in [5.74, 6) is 0.186. The third kappa shape index (κ3) is 4.29. The summed E-state index contributed by atoms with van der Waals surface area (Å²) in [6, 6.07) is 8.36. The molecule has 1 aromatic rings. The van der Waals surface area contributed by atoms with E-state index in [0.717, 1.165) is 19.6 Å². The summed E-state index contributed by atoms with van der Waals surface area (Å²) in [7, 11) is 1.89. The number of amides is 1. The van der Waals surface area contributed by atoms with Gasteiger partial charge < -0.3 is 10.2 Å². The quantitative estimate of drug-likeness (QED) is 0.915. The Hall–Kier alpha value is -1.39. The molecule has 2 rings (SSSR count). The van der Waals surface area contributed by atoms with Crippen LogP contribution in [0, 0.1) is 6.92 Å². The summed E-state index contributed by atoms with van der Waals surface area (Å²) >= 11 is 0. The van der Waals surface area contributed by atoms with Gasteiger partial charge in [0.25, 0.3) is 0 Å². The van der Waals surface area contributed by atoms with Gasteiger partial charge in [-0.1, -0.05) is 29.8 Å². The van der Waals surface area contributed by atoms with Crippen LogP contribution in [0.5, 0.6) is 0 Å². The fourth-order valence-corrected chi connectivity index (χ4v) is 2.66. The largest absolute Gasteiger partial charge is 0.340 e. The van der Waals surface area contributed by atoms with E-state index >= 15 is 0 Å². The van der Waals surface area contributed by atoms with Gasteiger partial charge in [-0.2, -0.15) is 0 Å². The summed E-state index contributed by atoms with van der Waals surface area (Å²) in [6.07, 6.45) is 0. The van der Waals surface area contributed by atoms with Crippen LogP contribution in [0.4, 0.5) is 0 Å². The van der Waals surface area contributed by atoms with Crippen LogP contribution >= 0.6 is 0 Å². The fourth-order valence-electron chi connectivity index (χ4n) is 2.66. The topological polar surface area (TPSA) is 35.6 Å². The van der Waals surface area contributed by atoms with Crippen LogP contribution < -0.4 is 5.32 Å². The van der Waals surface area contributed by atoms with Crippen LogP contribution in [0.1, 0.15) is 25.0 Å². The standard InChI is InChI=1S/C17H27N3O/c1-14-5-7-15(8-6-14)11-19(4)16(21)12-20-10-9-18-13-17(20,2)3/h5-8,18H,9-13H2,1-4H3. The van der Waals surface area contributed by atoms with Crippen molar-refractivity contribution in [2.75, 3.05) is 33.2 Å². The third-order valence-electron chi connectivity index (χ3n) is 4.26. The summed E-state index contributed by atoms with van der Waals surface area (Å²) in [6.45, 7) is 10.4. The molecule has 0 aromatic heterocycles. The summed E-state index contributed by atoms with van der Waals surface area (Å²) in [4.78, 5) is 16.5. The van der Waals surface area contributed by atoms with Crippen molar-refractivity contribution in [2.45, 2.75) is 32.9 Å². The second-order valence-corrected chi connectivity index (χ2v) is 6.65. The number of likely N-dealkylation sites (N-methyl/N-ethyl adjacent to an activating group) is 1. The van der Waals surface area contributed by atoms with E-state index in [9.17, 15) is 4.79 Å². The Morgan fingerprint density at radius 2 is 2.00 bits per heavy atom. The Bertz CT molecular complexity index is 481. The van der Waals surface area contributed by atoms with E-state index in [1.165, 1.54) is 11.1 Å². The first-order valence-electron chi connectivity index (χ1n) is 7.64. The molecule has 0 bridgehead atoms. The molecule has 0 atom stereocenters. The first-order chi connectivity index (χ1) is 9.88. The number of benzene rings is 1. The van der Waals surface area contributed by atoms with E-state index in [1.54, 1.807) is 0 Å². The third-order valence-corrected chi connectivity index (χ3v) is 4.26. The SMILES string of the molecule is Cc1ccc(CN(C)C(=O)CN2CCNCC2(C)C)cc1. The van der Waals surface area contributed by atoms with E-state index in [1.807, 2.05) is 11.9 Å². The highest BCUT2D eigenvalue weighted by Crippen LogP contribution is 2.16. The van der Waals surface area contributed by atoms with Gasteiger partial charge in [0.15, 0.2) is 0 Å². The summed E-state index contributed by atoms with van der Waals surface area (Å²) < 4.78 is 0. The predicted molar refractivity (Wildman–Crippen MR) is 86.2 cm³/mol. The van der Waals surface area contributed by atoms with Crippen LogP contribution in [0.25, 0.3) is 0 Å². The maximum Gasteiger partial charge on any atom is 0.236 e. The van der Waals surface area contributed by atoms with Crippen molar-refractivity contribution in [3.63, 3.8) is 0 Å². The molecule has 1 fully saturated rings. The number of nitrogens with zero attached hydrogens (tertiary/aromatic N) is 2. The van der Waals surface area contributed by atoms with Gasteiger partial charge >= 0.3 is 0 Å². The average Bonchev–Trinajstić information content (AvgIpc) is 2.43. The number of aryl methyl sites for hydroxylation is 1. The van der Waals surface area contributed by atoms with Crippen LogP contribution in [0.15, 0.2) is 24.3 Å². The molecule has 116 valence electrons. The van der Waals surface area contributed by atoms with E-state index < -0.39 is 0 Å². The molecule has 0 unspecified atom stereocenters. The minimum absolute atomic E-state index is 0.0403. The molecule has 1 aromatic carbocycles. The highest BCUT2D eigenvalue weighted by molar-refractivity contribution is 5.78. The number of carbonyl (C=O) groups is 1. The Morgan fingerprint density at radius 3 is 2.62 bits per heavy atom. The molecule has 1 N–H and O–H groups in total. The molecule has 0 saturated carbocycles. The number of nitrogens with one attached hydrogen (secondary N) is 1. The lowest BCUT2D eigenvalue weighted by atomic mass is 10.0. The van der Waals surface area contributed by atoms with Crippen LogP contribution in [-0.4, -0.2) is 54.5 Å². The number of carbonyl (C=O) groups excluding carboxylic acids is 1. The van der Waals surface area contributed by atoms with Crippen molar-refractivity contribution >= 4 is 5.91 Å². The van der Waals surface area contributed by atoms with Gasteiger partial charge in [-0.3, -0.25) is 9.69 Å². The lowest BCUT2D eigenvalue weighted by Crippen LogP contribution is -2.59. The van der Waals surface area contributed by atoms with Gasteiger partial charge in [0.1, 0.15) is 0 Å². The average molecular weight is 289 g/mol. The second-order valence-electron chi connectivity index (χ2n) is 6.65. The minimum Gasteiger partial charge on any atom is -0.340 e. The van der Waals surface area contributed by atoms with Gasteiger partial charge in [0.2, 0.25) is 5.91 Å². The monoisotopic (exact) mass is 289 g/mol. The van der Waals surface area contributed by atoms with Crippen molar-refractivity contribution < 1.29 is 4.79 Å². The Balaban J connectivity index is 1.91. The maximum absolute atomic E-state index is 12.4. The molecule has 0 spiro atoms. The zero-order valence-corrected chi connectivity index (χ0v) is 13.6. The number of hydrogen-bond acceptors (Lipinski definition) is 3. The van der Waals surface area contributed by atoms with Gasteiger partial charge in [0.05, 0.1) is 6.54 Å². The Morgan fingerprint density at radius 1 is 1.33 bits per heavy atom. The molecule has 1 amide bonds. The molecule has 21 heavy (non-hydrogen) atoms. The molecule has 1 saturated heterocycles. The summed E-state index contributed by atoms with van der Waals surface area (Å²) in [5.41, 5.74) is 2.46. The van der Waals surface area contributed by atoms with E-state index in [2.05, 4.69) is 55.3 Å². The first-order valence-corrected chi connectivity index (χ1v) is 7.64. The van der Waals surface area contributed by atoms with Crippen LogP contribution in [0.3, 0.4) is 0 Å². The zero-order valence-electron chi connectivity index (χ0n) is 13.6. The fraction of sp³-hybridized carbons (Fsp3) is 0.588. The van der Waals surface area contributed by atoms with Gasteiger partial charge in [-0.25, -0.2) is 0 Å². The molecule has 1 heterocycles. The van der Waals surface area contributed by atoms with Crippen molar-refractivity contribution in [1.82, 2.24) is 15.1 Å². The normalized spacial score (nSPS) is 18.5. The number of piperazine rings is 1. The van der Waals surface area contributed by atoms with Crippen molar-refractivity contribution in [1.29, 1.82) is 0 Å². The first kappa shape index (κ1) is 16.0. The molecule has 4 heteroatoms. The van der Waals surface area contributed by atoms with E-state index in [4.69, 9.17) is 0 Å². The van der Waals surface area contributed by atoms with Gasteiger partial charge in [-0.05, 0) is 26.3 Å². The molecule has 1 aliphatic rings. The number of hydrogen-bond donors (Lipinski definition) is 1. The predicted octanol–water partition coefficient (Wildman–Crippen LogP) is 1.64. The molecule has 0 aliphatic carbocycles. The van der Waals surface area contributed by atoms with E-state index in [-0.39, 0.29) is 11.4 Å². The molecular weight excluding hydrogens is 262 g/mol. The van der Waals surface area contributed by atoms with Crippen molar-refractivity contribution in [3.8, 4) is 0 Å². The second kappa shape index (κ2) is 6.58. The van der Waals surface area contributed by atoms with Crippen LogP contribution in [0.2, 0.25) is 0 Å². The Labute approximate surface area is 128 Å². The zero-order chi connectivity index (χ0) is 15.5. The lowest BCUT2D eigenvalue weighted by Gasteiger charge is -2.42. The van der Waals surface area contributed by atoms with Gasteiger partial charge in [-0.15, -0.1) is 0 Å². The number of rotatable bonds is 4. The Kier molecular flexibility index (Phi) is 5.01. The minimum atomic E-state index is 0.0403. The van der Waals surface area contributed by atoms with Crippen molar-refractivity contribution in [3.05, 3.63) is 35.4 Å². The smallest absolute Gasteiger partial charge is 0.236 e. The maximum atomic E-state index is 12.4. The van der Waals surface area contributed by atoms with Crippen molar-refractivity contribution in [2.24, 2.45) is 0 Å². The van der Waals surface area contributed by atoms with Gasteiger partial charge in [0, 0.05) is 38.8 Å². The lowest BCUT2D eigenvalue weighted by molar-refractivity contribution is -0.133. The summed E-state index contributed by atoms with van der Waals surface area (Å²) in [5, 5.41) is 3.39. The van der Waals surface area contributed by atoms with Crippen LogP contribution in [-0.2, 0) is 11.3 Å². The highest BCUT2D eigenvalue weighted by Gasteiger charge is 2.31. The van der Waals surface area contributed by atoms with E-state index in [0.29, 0.717) is 13.1 Å². The molecular formula is C17H27N3O. The molecule has 0 radical (unpaired) electrons. The highest BCUT2D eigenvalue weighted by atomic mass is 16.2.